The molecule has 0 saturated carbocycles. The third-order valence-corrected chi connectivity index (χ3v) is 4.58. The van der Waals surface area contributed by atoms with Gasteiger partial charge in [0.2, 0.25) is 12.7 Å². The fourth-order valence-electron chi connectivity index (χ4n) is 1.48. The van der Waals surface area contributed by atoms with Crippen molar-refractivity contribution in [1.29, 1.82) is 0 Å². The number of ether oxygens (including phenoxy) is 3. The standard InChI is InChI=1S/C12H13FNO7PS2/c1-7(20-12(17)21-22(13)24-23)19-11(16)8-3-4-9(14-6-15)10(5-8)18-2/h3-7,23H,1-2H3,(H,14,15). The summed E-state index contributed by atoms with van der Waals surface area (Å²) >= 11 is 3.54. The second-order valence-corrected chi connectivity index (χ2v) is 7.50. The number of hydrogen-bond acceptors (Lipinski definition) is 9. The van der Waals surface area contributed by atoms with Crippen LogP contribution in [0, 0.1) is 0 Å². The Hall–Kier alpha value is -1.71. The zero-order valence-electron chi connectivity index (χ0n) is 12.4. The number of rotatable bonds is 8. The number of methoxy groups -OCH3 is 1. The van der Waals surface area contributed by atoms with Gasteiger partial charge in [-0.1, -0.05) is 0 Å². The third-order valence-electron chi connectivity index (χ3n) is 2.40. The normalized spacial score (nSPS) is 12.5. The number of amides is 1. The molecule has 24 heavy (non-hydrogen) atoms. The zero-order valence-corrected chi connectivity index (χ0v) is 15.0. The number of hydrogen-bond donors (Lipinski definition) is 2. The lowest BCUT2D eigenvalue weighted by Crippen LogP contribution is -2.21. The Bertz CT molecular complexity index is 607. The minimum absolute atomic E-state index is 0.0887. The number of anilines is 1. The van der Waals surface area contributed by atoms with Crippen LogP contribution in [-0.2, 0) is 18.8 Å². The average molecular weight is 397 g/mol. The highest BCUT2D eigenvalue weighted by Crippen LogP contribution is 2.54. The number of esters is 1. The first-order valence-corrected chi connectivity index (χ1v) is 9.79. The number of halogens is 1. The summed E-state index contributed by atoms with van der Waals surface area (Å²) in [7, 11) is -0.837. The number of nitrogens with one attached hydrogen (secondary N) is 1. The maximum Gasteiger partial charge on any atom is 0.516 e. The number of thiol groups is 1. The Morgan fingerprint density at radius 1 is 1.42 bits per heavy atom. The van der Waals surface area contributed by atoms with E-state index in [4.69, 9.17) is 9.47 Å². The molecule has 0 fully saturated rings. The zero-order chi connectivity index (χ0) is 18.1. The molecular formula is C12H13FNO7PS2. The maximum absolute atomic E-state index is 12.8. The average Bonchev–Trinajstić information content (AvgIpc) is 2.54. The topological polar surface area (TPSA) is 100 Å². The lowest BCUT2D eigenvalue weighted by atomic mass is 10.2. The minimum Gasteiger partial charge on any atom is -0.495 e. The van der Waals surface area contributed by atoms with Crippen LogP contribution in [0.15, 0.2) is 18.2 Å². The molecule has 0 radical (unpaired) electrons. The van der Waals surface area contributed by atoms with Crippen molar-refractivity contribution in [3.05, 3.63) is 23.8 Å². The highest BCUT2D eigenvalue weighted by molar-refractivity contribution is 8.92. The Labute approximate surface area is 146 Å². The van der Waals surface area contributed by atoms with E-state index in [2.05, 4.69) is 26.2 Å². The van der Waals surface area contributed by atoms with E-state index in [0.717, 1.165) is 0 Å². The summed E-state index contributed by atoms with van der Waals surface area (Å²) < 4.78 is 31.5. The molecule has 1 aromatic rings. The first-order chi connectivity index (χ1) is 11.4. The van der Waals surface area contributed by atoms with Crippen LogP contribution >= 0.6 is 29.7 Å². The molecule has 0 aliphatic carbocycles. The molecule has 0 aromatic heterocycles. The van der Waals surface area contributed by atoms with Crippen molar-refractivity contribution in [2.75, 3.05) is 12.4 Å². The van der Waals surface area contributed by atoms with E-state index in [0.29, 0.717) is 22.5 Å². The number of carbonyl (C=O) groups is 3. The molecule has 0 saturated heterocycles. The van der Waals surface area contributed by atoms with Gasteiger partial charge in [0.1, 0.15) is 5.75 Å². The monoisotopic (exact) mass is 397 g/mol. The van der Waals surface area contributed by atoms with Crippen LogP contribution in [-0.4, -0.2) is 31.9 Å². The summed E-state index contributed by atoms with van der Waals surface area (Å²) in [6.07, 6.45) is -2.18. The Balaban J connectivity index is 2.67. The first-order valence-electron chi connectivity index (χ1n) is 6.16. The van der Waals surface area contributed by atoms with Crippen molar-refractivity contribution >= 4 is 54.0 Å². The Morgan fingerprint density at radius 3 is 2.71 bits per heavy atom. The third kappa shape index (κ3) is 6.42. The molecule has 1 rings (SSSR count). The molecular weight excluding hydrogens is 384 g/mol. The van der Waals surface area contributed by atoms with Crippen molar-refractivity contribution in [3.63, 3.8) is 0 Å². The van der Waals surface area contributed by atoms with Gasteiger partial charge in [0.25, 0.3) is 0 Å². The molecule has 0 aliphatic heterocycles. The van der Waals surface area contributed by atoms with Gasteiger partial charge < -0.3 is 24.1 Å². The van der Waals surface area contributed by atoms with Crippen LogP contribution in [0.4, 0.5) is 14.7 Å². The summed E-state index contributed by atoms with van der Waals surface area (Å²) in [5.41, 5.74) is 0.447. The smallest absolute Gasteiger partial charge is 0.495 e. The molecule has 0 heterocycles. The van der Waals surface area contributed by atoms with E-state index in [1.807, 2.05) is 0 Å². The molecule has 0 bridgehead atoms. The lowest BCUT2D eigenvalue weighted by Gasteiger charge is -2.15. The van der Waals surface area contributed by atoms with Crippen LogP contribution in [0.1, 0.15) is 17.3 Å². The number of benzene rings is 1. The Morgan fingerprint density at radius 2 is 2.12 bits per heavy atom. The molecule has 1 amide bonds. The predicted octanol–water partition coefficient (Wildman–Crippen LogP) is 3.69. The van der Waals surface area contributed by atoms with E-state index >= 15 is 0 Å². The van der Waals surface area contributed by atoms with Gasteiger partial charge in [-0.15, -0.1) is 11.7 Å². The first kappa shape index (κ1) is 20.3. The summed E-state index contributed by atoms with van der Waals surface area (Å²) in [6, 6.07) is 4.14. The molecule has 2 atom stereocenters. The number of carbonyl (C=O) groups excluding carboxylic acids is 3. The highest BCUT2D eigenvalue weighted by Gasteiger charge is 2.21. The van der Waals surface area contributed by atoms with Crippen molar-refractivity contribution in [1.82, 2.24) is 0 Å². The van der Waals surface area contributed by atoms with Crippen LogP contribution in [0.3, 0.4) is 0 Å². The molecule has 0 aliphatic rings. The van der Waals surface area contributed by atoms with E-state index in [9.17, 15) is 18.6 Å². The quantitative estimate of drug-likeness (QED) is 0.171. The summed E-state index contributed by atoms with van der Waals surface area (Å²) in [6.45, 7) is 1.26. The van der Waals surface area contributed by atoms with Gasteiger partial charge in [-0.2, -0.15) is 4.20 Å². The maximum atomic E-state index is 12.8. The lowest BCUT2D eigenvalue weighted by molar-refractivity contribution is -0.105. The van der Waals surface area contributed by atoms with E-state index in [1.54, 1.807) is 0 Å². The minimum atomic E-state index is -2.61. The molecule has 2 unspecified atom stereocenters. The largest absolute Gasteiger partial charge is 0.516 e. The van der Waals surface area contributed by atoms with Gasteiger partial charge in [0, 0.05) is 17.3 Å². The van der Waals surface area contributed by atoms with Crippen molar-refractivity contribution in [2.45, 2.75) is 13.2 Å². The predicted molar refractivity (Wildman–Crippen MR) is 89.7 cm³/mol. The van der Waals surface area contributed by atoms with Gasteiger partial charge in [0.05, 0.1) is 18.4 Å². The second kappa shape index (κ2) is 10.2. The van der Waals surface area contributed by atoms with Gasteiger partial charge in [0.15, 0.2) is 0 Å². The van der Waals surface area contributed by atoms with Gasteiger partial charge >= 0.3 is 19.8 Å². The van der Waals surface area contributed by atoms with Crippen molar-refractivity contribution in [3.8, 4) is 5.75 Å². The van der Waals surface area contributed by atoms with E-state index in [-0.39, 0.29) is 11.3 Å². The molecule has 132 valence electrons. The molecule has 12 heteroatoms. The van der Waals surface area contributed by atoms with Gasteiger partial charge in [-0.05, 0) is 18.2 Å². The second-order valence-electron chi connectivity index (χ2n) is 3.90. The van der Waals surface area contributed by atoms with Crippen molar-refractivity contribution in [2.24, 2.45) is 0 Å². The fraction of sp³-hybridized carbons (Fsp3) is 0.250. The Kier molecular flexibility index (Phi) is 8.66. The van der Waals surface area contributed by atoms with E-state index in [1.165, 1.54) is 32.2 Å². The van der Waals surface area contributed by atoms with Crippen LogP contribution in [0.5, 0.6) is 5.75 Å². The molecule has 1 N–H and O–H groups in total. The molecule has 0 spiro atoms. The molecule has 1 aromatic carbocycles. The highest BCUT2D eigenvalue weighted by atomic mass is 33.3. The van der Waals surface area contributed by atoms with Crippen LogP contribution < -0.4 is 10.1 Å². The fourth-order valence-corrected chi connectivity index (χ4v) is 2.25. The molecule has 8 nitrogen and oxygen atoms in total. The summed E-state index contributed by atoms with van der Waals surface area (Å²) in [5.74, 6) is -0.587. The van der Waals surface area contributed by atoms with Gasteiger partial charge in [-0.3, -0.25) is 4.79 Å². The van der Waals surface area contributed by atoms with Gasteiger partial charge in [-0.25, -0.2) is 9.59 Å². The van der Waals surface area contributed by atoms with Crippen LogP contribution in [0.25, 0.3) is 0 Å². The van der Waals surface area contributed by atoms with Crippen molar-refractivity contribution < 1.29 is 37.3 Å². The van der Waals surface area contributed by atoms with Crippen LogP contribution in [0.2, 0.25) is 0 Å². The van der Waals surface area contributed by atoms with E-state index < -0.39 is 26.1 Å². The summed E-state index contributed by atoms with van der Waals surface area (Å²) in [4.78, 5) is 33.6. The summed E-state index contributed by atoms with van der Waals surface area (Å²) in [5, 5.41) is 2.40. The SMILES string of the molecule is COc1cc(C(=O)OC(C)OC(=O)OP(F)SS)ccc1NC=O.